The van der Waals surface area contributed by atoms with Gasteiger partial charge in [-0.25, -0.2) is 9.97 Å². The van der Waals surface area contributed by atoms with Gasteiger partial charge in [-0.05, 0) is 42.8 Å². The Hall–Kier alpha value is -4.27. The molecule has 1 amide bonds. The number of Topliss-reactive ketones (excluding diaryl/α,β-unsaturated/α-hetero) is 1. The van der Waals surface area contributed by atoms with Crippen molar-refractivity contribution in [2.75, 3.05) is 23.1 Å². The minimum Gasteiger partial charge on any atom is -0.495 e. The van der Waals surface area contributed by atoms with Crippen molar-refractivity contribution in [1.29, 1.82) is 0 Å². The molecule has 1 aromatic heterocycles. The normalized spacial score (nSPS) is 10.1. The van der Waals surface area contributed by atoms with Crippen LogP contribution >= 0.6 is 0 Å². The Morgan fingerprint density at radius 1 is 1.06 bits per heavy atom. The maximum atomic E-state index is 11.6. The highest BCUT2D eigenvalue weighted by Gasteiger charge is 2.10. The van der Waals surface area contributed by atoms with Crippen LogP contribution in [0.1, 0.15) is 12.5 Å². The molecule has 3 rings (SSSR count). The highest BCUT2D eigenvalue weighted by Crippen LogP contribution is 2.30. The van der Waals surface area contributed by atoms with E-state index in [0.29, 0.717) is 29.5 Å². The third-order valence-corrected chi connectivity index (χ3v) is 4.17. The zero-order valence-electron chi connectivity index (χ0n) is 17.2. The van der Waals surface area contributed by atoms with Crippen LogP contribution in [0.15, 0.2) is 61.4 Å². The molecule has 9 nitrogen and oxygen atoms in total. The lowest BCUT2D eigenvalue weighted by atomic mass is 10.1. The quantitative estimate of drug-likeness (QED) is 0.451. The van der Waals surface area contributed by atoms with Crippen LogP contribution in [0.5, 0.6) is 5.75 Å². The predicted octanol–water partition coefficient (Wildman–Crippen LogP) is 3.62. The molecule has 158 valence electrons. The van der Waals surface area contributed by atoms with Crippen molar-refractivity contribution < 1.29 is 14.3 Å². The molecule has 0 bridgehead atoms. The van der Waals surface area contributed by atoms with E-state index >= 15 is 0 Å². The molecule has 0 atom stereocenters. The van der Waals surface area contributed by atoms with Crippen LogP contribution in [-0.4, -0.2) is 33.8 Å². The van der Waals surface area contributed by atoms with Crippen LogP contribution < -0.4 is 20.7 Å². The fourth-order valence-electron chi connectivity index (χ4n) is 2.80. The number of ketones is 1. The van der Waals surface area contributed by atoms with Gasteiger partial charge in [-0.2, -0.15) is 4.98 Å². The molecule has 0 unspecified atom stereocenters. The molecule has 0 aliphatic heterocycles. The molecular formula is C22H22N6O3. The van der Waals surface area contributed by atoms with Gasteiger partial charge in [0.1, 0.15) is 17.9 Å². The number of methoxy groups -OCH3 is 1. The molecule has 31 heavy (non-hydrogen) atoms. The molecule has 9 heteroatoms. The van der Waals surface area contributed by atoms with E-state index in [1.807, 2.05) is 24.3 Å². The number of amides is 1. The van der Waals surface area contributed by atoms with Gasteiger partial charge in [-0.15, -0.1) is 0 Å². The molecule has 0 fully saturated rings. The highest BCUT2D eigenvalue weighted by molar-refractivity contribution is 5.99. The van der Waals surface area contributed by atoms with Gasteiger partial charge >= 0.3 is 0 Å². The Bertz CT molecular complexity index is 1120. The summed E-state index contributed by atoms with van der Waals surface area (Å²) in [6.07, 6.45) is 2.85. The van der Waals surface area contributed by atoms with E-state index < -0.39 is 0 Å². The van der Waals surface area contributed by atoms with Crippen LogP contribution in [0.4, 0.5) is 29.0 Å². The molecule has 3 N–H and O–H groups in total. The summed E-state index contributed by atoms with van der Waals surface area (Å²) in [7, 11) is 1.54. The molecule has 0 spiro atoms. The lowest BCUT2D eigenvalue weighted by Gasteiger charge is -2.13. The fraction of sp³-hybridized carbons (Fsp3) is 0.136. The van der Waals surface area contributed by atoms with E-state index in [-0.39, 0.29) is 17.6 Å². The smallest absolute Gasteiger partial charge is 0.247 e. The van der Waals surface area contributed by atoms with E-state index in [1.54, 1.807) is 25.1 Å². The zero-order chi connectivity index (χ0) is 22.2. The number of para-hydroxylation sites is 1. The first-order chi connectivity index (χ1) is 15.0. The molecule has 3 aromatic rings. The Morgan fingerprint density at radius 2 is 1.77 bits per heavy atom. The molecule has 0 aliphatic rings. The van der Waals surface area contributed by atoms with Gasteiger partial charge in [0, 0.05) is 17.8 Å². The standard InChI is InChI=1S/C22H22N6O3/c1-4-20(30)25-16-9-10-19(31-3)18(12-16)27-22-24-13-23-21(28-22)26-17-8-6-5-7-15(17)11-14(2)29/h4-10,12-13H,1,11H2,2-3H3,(H,25,30)(H2,23,24,26,27,28). The van der Waals surface area contributed by atoms with Gasteiger partial charge in [-0.3, -0.25) is 9.59 Å². The minimum absolute atomic E-state index is 0.0581. The van der Waals surface area contributed by atoms with E-state index in [9.17, 15) is 9.59 Å². The molecule has 0 saturated carbocycles. The Labute approximate surface area is 179 Å². The molecule has 2 aromatic carbocycles. The molecular weight excluding hydrogens is 396 g/mol. The summed E-state index contributed by atoms with van der Waals surface area (Å²) in [6.45, 7) is 4.98. The number of aromatic nitrogens is 3. The summed E-state index contributed by atoms with van der Waals surface area (Å²) in [5.74, 6) is 0.851. The number of carbonyl (C=O) groups is 2. The van der Waals surface area contributed by atoms with Crippen molar-refractivity contribution in [2.45, 2.75) is 13.3 Å². The Morgan fingerprint density at radius 3 is 2.45 bits per heavy atom. The monoisotopic (exact) mass is 418 g/mol. The largest absolute Gasteiger partial charge is 0.495 e. The van der Waals surface area contributed by atoms with Crippen LogP contribution in [0.3, 0.4) is 0 Å². The number of rotatable bonds is 9. The second-order valence-electron chi connectivity index (χ2n) is 6.53. The number of nitrogens with zero attached hydrogens (tertiary/aromatic N) is 3. The summed E-state index contributed by atoms with van der Waals surface area (Å²) < 4.78 is 5.37. The second kappa shape index (κ2) is 9.97. The number of anilines is 5. The second-order valence-corrected chi connectivity index (χ2v) is 6.53. The molecule has 0 aliphatic carbocycles. The SMILES string of the molecule is C=CC(=O)Nc1ccc(OC)c(Nc2ncnc(Nc3ccccc3CC(C)=O)n2)c1. The average molecular weight is 418 g/mol. The molecule has 1 heterocycles. The zero-order valence-corrected chi connectivity index (χ0v) is 17.2. The van der Waals surface area contributed by atoms with Crippen molar-refractivity contribution in [3.63, 3.8) is 0 Å². The van der Waals surface area contributed by atoms with Gasteiger partial charge in [0.15, 0.2) is 0 Å². The van der Waals surface area contributed by atoms with Gasteiger partial charge in [0.2, 0.25) is 17.8 Å². The fourth-order valence-corrected chi connectivity index (χ4v) is 2.80. The summed E-state index contributed by atoms with van der Waals surface area (Å²) in [6, 6.07) is 12.6. The van der Waals surface area contributed by atoms with E-state index in [2.05, 4.69) is 37.5 Å². The van der Waals surface area contributed by atoms with E-state index in [0.717, 1.165) is 11.3 Å². The number of nitrogens with one attached hydrogen (secondary N) is 3. The molecule has 0 radical (unpaired) electrons. The summed E-state index contributed by atoms with van der Waals surface area (Å²) in [5, 5.41) is 8.88. The minimum atomic E-state index is -0.327. The third-order valence-electron chi connectivity index (χ3n) is 4.17. The van der Waals surface area contributed by atoms with Gasteiger partial charge in [0.25, 0.3) is 0 Å². The third kappa shape index (κ3) is 5.86. The van der Waals surface area contributed by atoms with E-state index in [1.165, 1.54) is 19.5 Å². The van der Waals surface area contributed by atoms with Crippen LogP contribution in [-0.2, 0) is 16.0 Å². The van der Waals surface area contributed by atoms with Crippen molar-refractivity contribution >= 4 is 40.6 Å². The predicted molar refractivity (Wildman–Crippen MR) is 119 cm³/mol. The summed E-state index contributed by atoms with van der Waals surface area (Å²) in [4.78, 5) is 35.8. The van der Waals surface area contributed by atoms with Crippen LogP contribution in [0.25, 0.3) is 0 Å². The van der Waals surface area contributed by atoms with Crippen LogP contribution in [0, 0.1) is 0 Å². The Kier molecular flexibility index (Phi) is 6.89. The van der Waals surface area contributed by atoms with Crippen molar-refractivity contribution in [2.24, 2.45) is 0 Å². The van der Waals surface area contributed by atoms with E-state index in [4.69, 9.17) is 4.74 Å². The number of carbonyl (C=O) groups excluding carboxylic acids is 2. The highest BCUT2D eigenvalue weighted by atomic mass is 16.5. The maximum absolute atomic E-state index is 11.6. The number of ether oxygens (including phenoxy) is 1. The van der Waals surface area contributed by atoms with Crippen molar-refractivity contribution in [1.82, 2.24) is 15.0 Å². The number of benzene rings is 2. The van der Waals surface area contributed by atoms with Gasteiger partial charge in [0.05, 0.1) is 12.8 Å². The van der Waals surface area contributed by atoms with Gasteiger partial charge < -0.3 is 20.7 Å². The first-order valence-electron chi connectivity index (χ1n) is 9.40. The van der Waals surface area contributed by atoms with Crippen molar-refractivity contribution in [3.05, 3.63) is 67.0 Å². The van der Waals surface area contributed by atoms with Crippen molar-refractivity contribution in [3.8, 4) is 5.75 Å². The lowest BCUT2D eigenvalue weighted by Crippen LogP contribution is -2.08. The summed E-state index contributed by atoms with van der Waals surface area (Å²) in [5.41, 5.74) is 2.69. The first-order valence-corrected chi connectivity index (χ1v) is 9.40. The van der Waals surface area contributed by atoms with Gasteiger partial charge in [-0.1, -0.05) is 24.8 Å². The number of hydrogen-bond donors (Lipinski definition) is 3. The molecule has 0 saturated heterocycles. The average Bonchev–Trinajstić information content (AvgIpc) is 2.75. The van der Waals surface area contributed by atoms with Crippen LogP contribution in [0.2, 0.25) is 0 Å². The lowest BCUT2D eigenvalue weighted by molar-refractivity contribution is -0.116. The maximum Gasteiger partial charge on any atom is 0.247 e. The Balaban J connectivity index is 1.83. The number of hydrogen-bond acceptors (Lipinski definition) is 8. The first kappa shape index (κ1) is 21.4. The topological polar surface area (TPSA) is 118 Å². The summed E-state index contributed by atoms with van der Waals surface area (Å²) >= 11 is 0.